The van der Waals surface area contributed by atoms with E-state index in [-0.39, 0.29) is 6.61 Å². The first-order chi connectivity index (χ1) is 12.6. The van der Waals surface area contributed by atoms with Gasteiger partial charge in [-0.15, -0.1) is 0 Å². The number of hydrogen-bond donors (Lipinski definition) is 1. The van der Waals surface area contributed by atoms with Crippen molar-refractivity contribution < 1.29 is 23.8 Å². The highest BCUT2D eigenvalue weighted by Crippen LogP contribution is 2.43. The lowest BCUT2D eigenvalue weighted by Gasteiger charge is -2.13. The molecule has 6 nitrogen and oxygen atoms in total. The third kappa shape index (κ3) is 3.09. The maximum atomic E-state index is 9.95. The lowest BCUT2D eigenvalue weighted by molar-refractivity contribution is 0.281. The maximum absolute atomic E-state index is 9.95. The van der Waals surface area contributed by atoms with Crippen LogP contribution >= 0.6 is 11.6 Å². The predicted molar refractivity (Wildman–Crippen MR) is 98.0 cm³/mol. The van der Waals surface area contributed by atoms with Crippen LogP contribution in [0.25, 0.3) is 22.6 Å². The van der Waals surface area contributed by atoms with E-state index < -0.39 is 0 Å². The van der Waals surface area contributed by atoms with E-state index in [0.29, 0.717) is 50.4 Å². The second-order valence-electron chi connectivity index (χ2n) is 5.38. The summed E-state index contributed by atoms with van der Waals surface area (Å²) >= 11 is 6.26. The van der Waals surface area contributed by atoms with E-state index in [4.69, 9.17) is 30.3 Å². The first kappa shape index (κ1) is 18.1. The largest absolute Gasteiger partial charge is 0.496 e. The Bertz CT molecular complexity index is 922. The highest BCUT2D eigenvalue weighted by molar-refractivity contribution is 6.33. The molecule has 136 valence electrons. The van der Waals surface area contributed by atoms with Gasteiger partial charge < -0.3 is 23.8 Å². The van der Waals surface area contributed by atoms with Crippen LogP contribution < -0.4 is 14.2 Å². The van der Waals surface area contributed by atoms with E-state index in [0.717, 1.165) is 0 Å². The summed E-state index contributed by atoms with van der Waals surface area (Å²) in [6.07, 6.45) is 0. The highest BCUT2D eigenvalue weighted by atomic mass is 35.5. The van der Waals surface area contributed by atoms with Gasteiger partial charge in [-0.1, -0.05) is 35.0 Å². The molecule has 0 aliphatic carbocycles. The standard InChI is InChI=1S/C19H18ClNO5/c1-23-15-9-17(25-3)16(24-2)8-12(15)19-13(10-22)18(21-26-19)11-6-4-5-7-14(11)20/h4-9,22H,10H2,1-3H3. The van der Waals surface area contributed by atoms with E-state index in [1.807, 2.05) is 18.2 Å². The number of halogens is 1. The maximum Gasteiger partial charge on any atom is 0.176 e. The van der Waals surface area contributed by atoms with Crippen molar-refractivity contribution in [2.45, 2.75) is 6.61 Å². The summed E-state index contributed by atoms with van der Waals surface area (Å²) < 4.78 is 21.7. The van der Waals surface area contributed by atoms with Gasteiger partial charge in [0.2, 0.25) is 0 Å². The lowest BCUT2D eigenvalue weighted by atomic mass is 10.0. The van der Waals surface area contributed by atoms with Crippen LogP contribution in [0.15, 0.2) is 40.9 Å². The third-order valence-electron chi connectivity index (χ3n) is 4.03. The normalized spacial score (nSPS) is 10.7. The number of aliphatic hydroxyl groups excluding tert-OH is 1. The highest BCUT2D eigenvalue weighted by Gasteiger charge is 2.24. The number of nitrogens with zero attached hydrogens (tertiary/aromatic N) is 1. The average molecular weight is 376 g/mol. The first-order valence-corrected chi connectivity index (χ1v) is 8.17. The van der Waals surface area contributed by atoms with Gasteiger partial charge in [-0.3, -0.25) is 0 Å². The second kappa shape index (κ2) is 7.68. The minimum absolute atomic E-state index is 0.281. The van der Waals surface area contributed by atoms with Crippen molar-refractivity contribution in [2.24, 2.45) is 0 Å². The van der Waals surface area contributed by atoms with Gasteiger partial charge in [0.1, 0.15) is 11.4 Å². The zero-order valence-corrected chi connectivity index (χ0v) is 15.3. The van der Waals surface area contributed by atoms with Gasteiger partial charge in [0, 0.05) is 11.6 Å². The summed E-state index contributed by atoms with van der Waals surface area (Å²) in [7, 11) is 4.62. The molecule has 1 N–H and O–H groups in total. The number of aliphatic hydroxyl groups is 1. The Morgan fingerprint density at radius 2 is 1.62 bits per heavy atom. The molecule has 0 saturated heterocycles. The molecule has 0 bridgehead atoms. The van der Waals surface area contributed by atoms with E-state index >= 15 is 0 Å². The molecule has 0 aliphatic heterocycles. The molecule has 7 heteroatoms. The van der Waals surface area contributed by atoms with Crippen LogP contribution in [0.3, 0.4) is 0 Å². The fourth-order valence-electron chi connectivity index (χ4n) is 2.74. The number of aromatic nitrogens is 1. The molecule has 26 heavy (non-hydrogen) atoms. The molecule has 0 saturated carbocycles. The van der Waals surface area contributed by atoms with Crippen molar-refractivity contribution in [3.8, 4) is 39.8 Å². The molecule has 3 rings (SSSR count). The summed E-state index contributed by atoms with van der Waals surface area (Å²) in [5.74, 6) is 1.90. The minimum atomic E-state index is -0.281. The molecule has 0 aliphatic rings. The molecular formula is C19H18ClNO5. The van der Waals surface area contributed by atoms with Crippen molar-refractivity contribution in [1.29, 1.82) is 0 Å². The van der Waals surface area contributed by atoms with Crippen LogP contribution in [0.4, 0.5) is 0 Å². The Kier molecular flexibility index (Phi) is 5.35. The molecule has 0 radical (unpaired) electrons. The van der Waals surface area contributed by atoms with Crippen molar-refractivity contribution in [3.63, 3.8) is 0 Å². The summed E-state index contributed by atoms with van der Waals surface area (Å²) in [4.78, 5) is 0. The monoisotopic (exact) mass is 375 g/mol. The molecule has 0 amide bonds. The Balaban J connectivity index is 2.21. The molecule has 1 heterocycles. The van der Waals surface area contributed by atoms with Crippen LogP contribution in [0.5, 0.6) is 17.2 Å². The number of hydrogen-bond acceptors (Lipinski definition) is 6. The second-order valence-corrected chi connectivity index (χ2v) is 5.79. The third-order valence-corrected chi connectivity index (χ3v) is 4.36. The molecule has 0 unspecified atom stereocenters. The first-order valence-electron chi connectivity index (χ1n) is 7.79. The van der Waals surface area contributed by atoms with Crippen LogP contribution in [-0.4, -0.2) is 31.6 Å². The number of methoxy groups -OCH3 is 3. The molecule has 2 aromatic carbocycles. The summed E-state index contributed by atoms with van der Waals surface area (Å²) in [6.45, 7) is -0.281. The van der Waals surface area contributed by atoms with Gasteiger partial charge in [-0.25, -0.2) is 0 Å². The number of ether oxygens (including phenoxy) is 3. The van der Waals surface area contributed by atoms with Crippen molar-refractivity contribution in [3.05, 3.63) is 47.0 Å². The van der Waals surface area contributed by atoms with Crippen molar-refractivity contribution >= 4 is 11.6 Å². The van der Waals surface area contributed by atoms with Gasteiger partial charge in [0.15, 0.2) is 17.3 Å². The molecule has 3 aromatic rings. The van der Waals surface area contributed by atoms with Crippen molar-refractivity contribution in [2.75, 3.05) is 21.3 Å². The molecule has 0 atom stereocenters. The molecule has 0 spiro atoms. The van der Waals surface area contributed by atoms with E-state index in [9.17, 15) is 5.11 Å². The van der Waals surface area contributed by atoms with Gasteiger partial charge in [0.05, 0.1) is 44.1 Å². The Hall–Kier alpha value is -2.70. The SMILES string of the molecule is COc1cc(OC)c(-c2onc(-c3ccccc3Cl)c2CO)cc1OC. The number of benzene rings is 2. The molecule has 0 fully saturated rings. The van der Waals surface area contributed by atoms with E-state index in [1.165, 1.54) is 14.2 Å². The predicted octanol–water partition coefficient (Wildman–Crippen LogP) is 4.18. The van der Waals surface area contributed by atoms with Crippen molar-refractivity contribution in [1.82, 2.24) is 5.16 Å². The molecular weight excluding hydrogens is 358 g/mol. The summed E-state index contributed by atoms with van der Waals surface area (Å²) in [5.41, 5.74) is 2.24. The minimum Gasteiger partial charge on any atom is -0.496 e. The van der Waals surface area contributed by atoms with Crippen LogP contribution in [-0.2, 0) is 6.61 Å². The van der Waals surface area contributed by atoms with Crippen LogP contribution in [0, 0.1) is 0 Å². The van der Waals surface area contributed by atoms with Gasteiger partial charge in [-0.05, 0) is 12.1 Å². The topological polar surface area (TPSA) is 74.0 Å². The Labute approximate surface area is 155 Å². The van der Waals surface area contributed by atoms with Gasteiger partial charge >= 0.3 is 0 Å². The summed E-state index contributed by atoms with van der Waals surface area (Å²) in [6, 6.07) is 10.6. The fourth-order valence-corrected chi connectivity index (χ4v) is 2.96. The zero-order chi connectivity index (χ0) is 18.7. The zero-order valence-electron chi connectivity index (χ0n) is 14.6. The lowest BCUT2D eigenvalue weighted by Crippen LogP contribution is -1.96. The van der Waals surface area contributed by atoms with E-state index in [1.54, 1.807) is 25.3 Å². The van der Waals surface area contributed by atoms with Crippen LogP contribution in [0.2, 0.25) is 5.02 Å². The van der Waals surface area contributed by atoms with E-state index in [2.05, 4.69) is 5.16 Å². The van der Waals surface area contributed by atoms with Gasteiger partial charge in [0.25, 0.3) is 0 Å². The average Bonchev–Trinajstić information content (AvgIpc) is 3.10. The summed E-state index contributed by atoms with van der Waals surface area (Å²) in [5, 5.41) is 14.6. The fraction of sp³-hybridized carbons (Fsp3) is 0.211. The van der Waals surface area contributed by atoms with Gasteiger partial charge in [-0.2, -0.15) is 0 Å². The smallest absolute Gasteiger partial charge is 0.176 e. The number of rotatable bonds is 6. The Morgan fingerprint density at radius 3 is 2.23 bits per heavy atom. The quantitative estimate of drug-likeness (QED) is 0.696. The van der Waals surface area contributed by atoms with Crippen LogP contribution in [0.1, 0.15) is 5.56 Å². The Morgan fingerprint density at radius 1 is 0.962 bits per heavy atom. The molecule has 1 aromatic heterocycles.